The van der Waals surface area contributed by atoms with Crippen LogP contribution in [0.5, 0.6) is 0 Å². The highest BCUT2D eigenvalue weighted by molar-refractivity contribution is 9.10. The molecule has 5 nitrogen and oxygen atoms in total. The van der Waals surface area contributed by atoms with Crippen molar-refractivity contribution in [2.24, 2.45) is 7.05 Å². The topological polar surface area (TPSA) is 68.0 Å². The molecule has 0 aliphatic rings. The number of halogens is 1. The molecule has 0 saturated carbocycles. The summed E-state index contributed by atoms with van der Waals surface area (Å²) < 4.78 is 2.12. The van der Waals surface area contributed by atoms with Crippen molar-refractivity contribution in [3.8, 4) is 11.3 Å². The number of benzene rings is 1. The lowest BCUT2D eigenvalue weighted by Gasteiger charge is -2.00. The van der Waals surface area contributed by atoms with E-state index in [9.17, 15) is 4.79 Å². The molecule has 1 aromatic carbocycles. The smallest absolute Gasteiger partial charge is 0.356 e. The first-order chi connectivity index (χ1) is 7.59. The molecule has 0 unspecified atom stereocenters. The SMILES string of the molecule is Cn1nnc(-c2cccc(Br)c2)c1C(=O)O. The molecular weight excluding hydrogens is 274 g/mol. The molecule has 6 heteroatoms. The number of hydrogen-bond acceptors (Lipinski definition) is 3. The van der Waals surface area contributed by atoms with E-state index in [-0.39, 0.29) is 5.69 Å². The Morgan fingerprint density at radius 3 is 2.88 bits per heavy atom. The molecule has 2 rings (SSSR count). The highest BCUT2D eigenvalue weighted by atomic mass is 79.9. The van der Waals surface area contributed by atoms with Crippen LogP contribution >= 0.6 is 15.9 Å². The standard InChI is InChI=1S/C10H8BrN3O2/c1-14-9(10(15)16)8(12-13-14)6-3-2-4-7(11)5-6/h2-5H,1H3,(H,15,16). The first-order valence-corrected chi connectivity index (χ1v) is 5.28. The van der Waals surface area contributed by atoms with Crippen LogP contribution in [-0.2, 0) is 7.05 Å². The van der Waals surface area contributed by atoms with Crippen LogP contribution in [0.1, 0.15) is 10.5 Å². The zero-order valence-electron chi connectivity index (χ0n) is 8.38. The van der Waals surface area contributed by atoms with Gasteiger partial charge >= 0.3 is 5.97 Å². The molecule has 2 aromatic rings. The molecule has 0 radical (unpaired) electrons. The van der Waals surface area contributed by atoms with E-state index in [1.165, 1.54) is 4.68 Å². The molecule has 0 aliphatic heterocycles. The maximum atomic E-state index is 11.0. The van der Waals surface area contributed by atoms with Crippen LogP contribution < -0.4 is 0 Å². The number of aryl methyl sites for hydroxylation is 1. The molecule has 1 aromatic heterocycles. The molecule has 16 heavy (non-hydrogen) atoms. The number of aromatic carboxylic acids is 1. The molecule has 82 valence electrons. The van der Waals surface area contributed by atoms with E-state index in [4.69, 9.17) is 5.11 Å². The fraction of sp³-hybridized carbons (Fsp3) is 0.100. The second-order valence-corrected chi connectivity index (χ2v) is 4.14. The molecule has 0 amide bonds. The fourth-order valence-corrected chi connectivity index (χ4v) is 1.83. The number of carboxylic acids is 1. The second-order valence-electron chi connectivity index (χ2n) is 3.23. The minimum atomic E-state index is -1.04. The molecule has 1 heterocycles. The third-order valence-electron chi connectivity index (χ3n) is 2.13. The van der Waals surface area contributed by atoms with Crippen molar-refractivity contribution < 1.29 is 9.90 Å². The lowest BCUT2D eigenvalue weighted by atomic mass is 10.1. The number of rotatable bonds is 2. The molecule has 0 fully saturated rings. The molecule has 0 bridgehead atoms. The maximum absolute atomic E-state index is 11.0. The largest absolute Gasteiger partial charge is 0.476 e. The van der Waals surface area contributed by atoms with Crippen molar-refractivity contribution in [1.82, 2.24) is 15.0 Å². The van der Waals surface area contributed by atoms with Gasteiger partial charge in [0.05, 0.1) is 0 Å². The van der Waals surface area contributed by atoms with Crippen molar-refractivity contribution in [2.75, 3.05) is 0 Å². The van der Waals surface area contributed by atoms with E-state index >= 15 is 0 Å². The highest BCUT2D eigenvalue weighted by Gasteiger charge is 2.18. The van der Waals surface area contributed by atoms with E-state index in [2.05, 4.69) is 26.2 Å². The van der Waals surface area contributed by atoms with Crippen LogP contribution in [0.3, 0.4) is 0 Å². The van der Waals surface area contributed by atoms with E-state index in [1.807, 2.05) is 12.1 Å². The van der Waals surface area contributed by atoms with Crippen LogP contribution in [0.4, 0.5) is 0 Å². The van der Waals surface area contributed by atoms with Crippen LogP contribution in [0.15, 0.2) is 28.7 Å². The summed E-state index contributed by atoms with van der Waals surface area (Å²) in [4.78, 5) is 11.0. The van der Waals surface area contributed by atoms with Crippen LogP contribution in [0, 0.1) is 0 Å². The van der Waals surface area contributed by atoms with E-state index in [0.717, 1.165) is 10.0 Å². The van der Waals surface area contributed by atoms with Gasteiger partial charge in [-0.3, -0.25) is 0 Å². The Hall–Kier alpha value is -1.69. The van der Waals surface area contributed by atoms with Crippen molar-refractivity contribution in [3.63, 3.8) is 0 Å². The lowest BCUT2D eigenvalue weighted by molar-refractivity contribution is 0.0686. The lowest BCUT2D eigenvalue weighted by Crippen LogP contribution is -2.06. The Morgan fingerprint density at radius 1 is 1.50 bits per heavy atom. The van der Waals surface area contributed by atoms with Gasteiger partial charge in [0, 0.05) is 17.1 Å². The maximum Gasteiger partial charge on any atom is 0.356 e. The van der Waals surface area contributed by atoms with Gasteiger partial charge in [-0.25, -0.2) is 9.48 Å². The number of nitrogens with zero attached hydrogens (tertiary/aromatic N) is 3. The zero-order valence-corrected chi connectivity index (χ0v) is 9.97. The van der Waals surface area contributed by atoms with E-state index in [0.29, 0.717) is 5.69 Å². The van der Waals surface area contributed by atoms with Gasteiger partial charge in [0.2, 0.25) is 0 Å². The van der Waals surface area contributed by atoms with Gasteiger partial charge < -0.3 is 5.11 Å². The Balaban J connectivity index is 2.60. The van der Waals surface area contributed by atoms with Gasteiger partial charge in [0.25, 0.3) is 0 Å². The summed E-state index contributed by atoms with van der Waals surface area (Å²) in [7, 11) is 1.55. The van der Waals surface area contributed by atoms with Crippen molar-refractivity contribution in [2.45, 2.75) is 0 Å². The van der Waals surface area contributed by atoms with Gasteiger partial charge in [-0.1, -0.05) is 33.3 Å². The van der Waals surface area contributed by atoms with Gasteiger partial charge in [-0.2, -0.15) is 0 Å². The Kier molecular flexibility index (Phi) is 2.74. The van der Waals surface area contributed by atoms with Crippen LogP contribution in [0.2, 0.25) is 0 Å². The normalized spacial score (nSPS) is 10.4. The van der Waals surface area contributed by atoms with Gasteiger partial charge in [0.15, 0.2) is 5.69 Å². The van der Waals surface area contributed by atoms with E-state index in [1.54, 1.807) is 19.2 Å². The molecule has 0 atom stereocenters. The predicted molar refractivity (Wildman–Crippen MR) is 61.1 cm³/mol. The number of aromatic nitrogens is 3. The number of hydrogen-bond donors (Lipinski definition) is 1. The molecular formula is C10H8BrN3O2. The third kappa shape index (κ3) is 1.83. The zero-order chi connectivity index (χ0) is 11.7. The minimum Gasteiger partial charge on any atom is -0.476 e. The van der Waals surface area contributed by atoms with Gasteiger partial charge in [0.1, 0.15) is 5.69 Å². The van der Waals surface area contributed by atoms with Crippen molar-refractivity contribution in [1.29, 1.82) is 0 Å². The summed E-state index contributed by atoms with van der Waals surface area (Å²) in [5, 5.41) is 16.6. The average molecular weight is 282 g/mol. The number of carboxylic acid groups (broad SMARTS) is 1. The van der Waals surface area contributed by atoms with Gasteiger partial charge in [-0.05, 0) is 12.1 Å². The first-order valence-electron chi connectivity index (χ1n) is 4.48. The molecule has 1 N–H and O–H groups in total. The number of carbonyl (C=O) groups is 1. The van der Waals surface area contributed by atoms with E-state index < -0.39 is 5.97 Å². The quantitative estimate of drug-likeness (QED) is 0.914. The summed E-state index contributed by atoms with van der Waals surface area (Å²) in [6.07, 6.45) is 0. The minimum absolute atomic E-state index is 0.0816. The summed E-state index contributed by atoms with van der Waals surface area (Å²) in [6, 6.07) is 7.28. The highest BCUT2D eigenvalue weighted by Crippen LogP contribution is 2.23. The second kappa shape index (κ2) is 4.05. The summed E-state index contributed by atoms with van der Waals surface area (Å²) in [6.45, 7) is 0. The van der Waals surface area contributed by atoms with Gasteiger partial charge in [-0.15, -0.1) is 5.10 Å². The van der Waals surface area contributed by atoms with Crippen LogP contribution in [-0.4, -0.2) is 26.1 Å². The monoisotopic (exact) mass is 281 g/mol. The summed E-state index contributed by atoms with van der Waals surface area (Å²) in [5.41, 5.74) is 1.18. The molecule has 0 spiro atoms. The first kappa shape index (κ1) is 10.8. The Labute approximate surface area is 99.8 Å². The van der Waals surface area contributed by atoms with Crippen molar-refractivity contribution in [3.05, 3.63) is 34.4 Å². The predicted octanol–water partition coefficient (Wildman–Crippen LogP) is 1.94. The molecule has 0 aliphatic carbocycles. The Bertz CT molecular complexity index is 551. The summed E-state index contributed by atoms with van der Waals surface area (Å²) >= 11 is 3.33. The third-order valence-corrected chi connectivity index (χ3v) is 2.62. The average Bonchev–Trinajstić information content (AvgIpc) is 2.60. The van der Waals surface area contributed by atoms with Crippen LogP contribution in [0.25, 0.3) is 11.3 Å². The summed E-state index contributed by atoms with van der Waals surface area (Å²) in [5.74, 6) is -1.04. The molecule has 0 saturated heterocycles. The Morgan fingerprint density at radius 2 is 2.25 bits per heavy atom. The van der Waals surface area contributed by atoms with Crippen molar-refractivity contribution >= 4 is 21.9 Å². The fourth-order valence-electron chi connectivity index (χ4n) is 1.43.